The van der Waals surface area contributed by atoms with Gasteiger partial charge in [0.15, 0.2) is 5.13 Å². The highest BCUT2D eigenvalue weighted by Gasteiger charge is 2.14. The maximum atomic E-state index is 12.5. The molecule has 8 heteroatoms. The van der Waals surface area contributed by atoms with Crippen LogP contribution in [0.2, 0.25) is 0 Å². The van der Waals surface area contributed by atoms with Gasteiger partial charge in [-0.1, -0.05) is 18.2 Å². The van der Waals surface area contributed by atoms with E-state index in [2.05, 4.69) is 20.0 Å². The number of halogens is 2. The second kappa shape index (κ2) is 8.00. The molecule has 2 aromatic heterocycles. The number of rotatable bonds is 6. The molecule has 0 atom stereocenters. The molecule has 0 spiro atoms. The van der Waals surface area contributed by atoms with Gasteiger partial charge in [-0.25, -0.2) is 4.98 Å². The van der Waals surface area contributed by atoms with Crippen molar-refractivity contribution in [3.05, 3.63) is 65.2 Å². The Balaban J connectivity index is 1.47. The molecule has 2 aromatic carbocycles. The number of anilines is 1. The number of hydrogen-bond donors (Lipinski definition) is 2. The zero-order chi connectivity index (χ0) is 20.4. The summed E-state index contributed by atoms with van der Waals surface area (Å²) in [5.41, 5.74) is 3.36. The molecule has 0 fully saturated rings. The molecule has 0 saturated carbocycles. The fraction of sp³-hybridized carbons (Fsp3) is 0.143. The van der Waals surface area contributed by atoms with E-state index in [0.717, 1.165) is 26.9 Å². The lowest BCUT2D eigenvalue weighted by atomic mass is 10.1. The number of aromatic amines is 1. The average Bonchev–Trinajstić information content (AvgIpc) is 3.25. The number of H-pyrrole nitrogens is 1. The maximum absolute atomic E-state index is 12.5. The third-order valence-electron chi connectivity index (χ3n) is 4.42. The van der Waals surface area contributed by atoms with Gasteiger partial charge in [-0.05, 0) is 42.8 Å². The number of fused-ring (bicyclic) bond motifs is 1. The minimum absolute atomic E-state index is 0.0869. The number of carbonyl (C=O) groups excluding carboxylic acids is 1. The summed E-state index contributed by atoms with van der Waals surface area (Å²) in [6.07, 6.45) is 2.07. The van der Waals surface area contributed by atoms with Crippen LogP contribution < -0.4 is 10.1 Å². The molecule has 0 aliphatic rings. The molecule has 148 valence electrons. The molecule has 0 aliphatic carbocycles. The Hall–Kier alpha value is -3.26. The van der Waals surface area contributed by atoms with E-state index in [-0.39, 0.29) is 18.1 Å². The van der Waals surface area contributed by atoms with Crippen LogP contribution in [0.15, 0.2) is 54.7 Å². The van der Waals surface area contributed by atoms with Gasteiger partial charge < -0.3 is 15.0 Å². The standard InChI is InChI=1S/C21H17F2N3O2S/c1-12-19(13-6-8-15(9-7-13)28-20(22)23)26-21(29-12)25-18(27)10-14-11-24-17-5-3-2-4-16(14)17/h2-9,11,20,24H,10H2,1H3,(H,25,26,27). The Bertz CT molecular complexity index is 1150. The molecule has 4 rings (SSSR count). The summed E-state index contributed by atoms with van der Waals surface area (Å²) in [6, 6.07) is 14.1. The summed E-state index contributed by atoms with van der Waals surface area (Å²) in [6.45, 7) is -0.966. The number of aryl methyl sites for hydroxylation is 1. The number of para-hydroxylation sites is 1. The highest BCUT2D eigenvalue weighted by Crippen LogP contribution is 2.31. The minimum atomic E-state index is -2.86. The van der Waals surface area contributed by atoms with Gasteiger partial charge in [0.05, 0.1) is 12.1 Å². The average molecular weight is 413 g/mol. The van der Waals surface area contributed by atoms with Gasteiger partial charge in [0.25, 0.3) is 0 Å². The largest absolute Gasteiger partial charge is 0.435 e. The quantitative estimate of drug-likeness (QED) is 0.446. The molecule has 29 heavy (non-hydrogen) atoms. The molecule has 5 nitrogen and oxygen atoms in total. The van der Waals surface area contributed by atoms with E-state index in [4.69, 9.17) is 0 Å². The molecule has 1 amide bonds. The molecule has 4 aromatic rings. The van der Waals surface area contributed by atoms with Gasteiger partial charge in [0.2, 0.25) is 5.91 Å². The lowest BCUT2D eigenvalue weighted by Crippen LogP contribution is -2.14. The second-order valence-corrected chi connectivity index (χ2v) is 7.61. The number of benzene rings is 2. The monoisotopic (exact) mass is 413 g/mol. The molecule has 0 radical (unpaired) electrons. The van der Waals surface area contributed by atoms with Gasteiger partial charge in [-0.15, -0.1) is 11.3 Å². The Kier molecular flexibility index (Phi) is 5.26. The predicted octanol–water partition coefficient (Wildman–Crippen LogP) is 5.38. The molecule has 0 unspecified atom stereocenters. The van der Waals surface area contributed by atoms with E-state index in [1.165, 1.54) is 23.5 Å². The van der Waals surface area contributed by atoms with Crippen LogP contribution in [0.1, 0.15) is 10.4 Å². The van der Waals surface area contributed by atoms with Crippen molar-refractivity contribution in [1.82, 2.24) is 9.97 Å². The summed E-state index contributed by atoms with van der Waals surface area (Å²) < 4.78 is 28.9. The van der Waals surface area contributed by atoms with Crippen LogP contribution in [0.4, 0.5) is 13.9 Å². The SMILES string of the molecule is Cc1sc(NC(=O)Cc2c[nH]c3ccccc23)nc1-c1ccc(OC(F)F)cc1. The Labute approximate surface area is 169 Å². The summed E-state index contributed by atoms with van der Waals surface area (Å²) in [5.74, 6) is -0.0698. The van der Waals surface area contributed by atoms with Gasteiger partial charge in [-0.2, -0.15) is 8.78 Å². The van der Waals surface area contributed by atoms with Gasteiger partial charge in [-0.3, -0.25) is 4.79 Å². The lowest BCUT2D eigenvalue weighted by Gasteiger charge is -2.05. The third-order valence-corrected chi connectivity index (χ3v) is 5.31. The van der Waals surface area contributed by atoms with Crippen molar-refractivity contribution in [1.29, 1.82) is 0 Å². The van der Waals surface area contributed by atoms with E-state index in [0.29, 0.717) is 10.8 Å². The number of ether oxygens (including phenoxy) is 1. The molecule has 0 bridgehead atoms. The van der Waals surface area contributed by atoms with Crippen LogP contribution in [0.25, 0.3) is 22.2 Å². The molecular formula is C21H17F2N3O2S. The first-order chi connectivity index (χ1) is 14.0. The molecule has 2 heterocycles. The number of thiazole rings is 1. The van der Waals surface area contributed by atoms with Crippen molar-refractivity contribution in [2.75, 3.05) is 5.32 Å². The number of nitrogens with zero attached hydrogens (tertiary/aromatic N) is 1. The Morgan fingerprint density at radius 2 is 1.97 bits per heavy atom. The van der Waals surface area contributed by atoms with Crippen molar-refractivity contribution >= 4 is 33.3 Å². The third kappa shape index (κ3) is 4.27. The lowest BCUT2D eigenvalue weighted by molar-refractivity contribution is -0.115. The number of nitrogens with one attached hydrogen (secondary N) is 2. The Morgan fingerprint density at radius 1 is 1.21 bits per heavy atom. The van der Waals surface area contributed by atoms with Crippen LogP contribution in [-0.4, -0.2) is 22.5 Å². The Morgan fingerprint density at radius 3 is 2.72 bits per heavy atom. The highest BCUT2D eigenvalue weighted by molar-refractivity contribution is 7.16. The van der Waals surface area contributed by atoms with Crippen LogP contribution >= 0.6 is 11.3 Å². The van der Waals surface area contributed by atoms with Gasteiger partial charge in [0, 0.05) is 27.5 Å². The fourth-order valence-corrected chi connectivity index (χ4v) is 3.98. The zero-order valence-corrected chi connectivity index (χ0v) is 16.2. The number of alkyl halides is 2. The molecule has 0 aliphatic heterocycles. The van der Waals surface area contributed by atoms with Gasteiger partial charge in [0.1, 0.15) is 5.75 Å². The number of carbonyl (C=O) groups is 1. The number of aromatic nitrogens is 2. The minimum Gasteiger partial charge on any atom is -0.435 e. The maximum Gasteiger partial charge on any atom is 0.387 e. The summed E-state index contributed by atoms with van der Waals surface area (Å²) in [4.78, 5) is 21.0. The summed E-state index contributed by atoms with van der Waals surface area (Å²) in [7, 11) is 0. The highest BCUT2D eigenvalue weighted by atomic mass is 32.1. The smallest absolute Gasteiger partial charge is 0.387 e. The van der Waals surface area contributed by atoms with Crippen molar-refractivity contribution in [2.24, 2.45) is 0 Å². The van der Waals surface area contributed by atoms with Crippen molar-refractivity contribution in [3.8, 4) is 17.0 Å². The molecular weight excluding hydrogens is 396 g/mol. The first-order valence-electron chi connectivity index (χ1n) is 8.87. The van der Waals surface area contributed by atoms with Crippen LogP contribution in [-0.2, 0) is 11.2 Å². The van der Waals surface area contributed by atoms with E-state index >= 15 is 0 Å². The van der Waals surface area contributed by atoms with Crippen molar-refractivity contribution in [2.45, 2.75) is 20.0 Å². The van der Waals surface area contributed by atoms with Crippen LogP contribution in [0.3, 0.4) is 0 Å². The zero-order valence-electron chi connectivity index (χ0n) is 15.4. The molecule has 0 saturated heterocycles. The molecule has 2 N–H and O–H groups in total. The number of amides is 1. The summed E-state index contributed by atoms with van der Waals surface area (Å²) in [5, 5.41) is 4.36. The van der Waals surface area contributed by atoms with Crippen LogP contribution in [0, 0.1) is 6.92 Å². The van der Waals surface area contributed by atoms with Crippen molar-refractivity contribution < 1.29 is 18.3 Å². The normalized spacial score (nSPS) is 11.2. The van der Waals surface area contributed by atoms with E-state index in [1.807, 2.05) is 37.4 Å². The number of hydrogen-bond acceptors (Lipinski definition) is 4. The fourth-order valence-electron chi connectivity index (χ4n) is 3.13. The van der Waals surface area contributed by atoms with Crippen molar-refractivity contribution in [3.63, 3.8) is 0 Å². The first kappa shape index (κ1) is 19.1. The van der Waals surface area contributed by atoms with Crippen LogP contribution in [0.5, 0.6) is 5.75 Å². The van der Waals surface area contributed by atoms with E-state index in [1.54, 1.807) is 12.1 Å². The first-order valence-corrected chi connectivity index (χ1v) is 9.69. The topological polar surface area (TPSA) is 67.0 Å². The van der Waals surface area contributed by atoms with E-state index < -0.39 is 6.61 Å². The van der Waals surface area contributed by atoms with E-state index in [9.17, 15) is 13.6 Å². The summed E-state index contributed by atoms with van der Waals surface area (Å²) >= 11 is 1.37. The van der Waals surface area contributed by atoms with Gasteiger partial charge >= 0.3 is 6.61 Å². The predicted molar refractivity (Wildman–Crippen MR) is 110 cm³/mol. The second-order valence-electron chi connectivity index (χ2n) is 6.41.